The predicted octanol–water partition coefficient (Wildman–Crippen LogP) is 5.04. The van der Waals surface area contributed by atoms with Crippen LogP contribution < -0.4 is 0 Å². The molecule has 0 aliphatic carbocycles. The lowest BCUT2D eigenvalue weighted by molar-refractivity contribution is -0.135. The summed E-state index contributed by atoms with van der Waals surface area (Å²) in [7, 11) is 0. The molecule has 2 aromatic heterocycles. The maximum Gasteiger partial charge on any atom is 0.223 e. The lowest BCUT2D eigenvalue weighted by Gasteiger charge is -2.34. The van der Waals surface area contributed by atoms with E-state index in [1.807, 2.05) is 6.07 Å². The van der Waals surface area contributed by atoms with Crippen molar-refractivity contribution in [1.82, 2.24) is 9.88 Å². The molecule has 3 heterocycles. The van der Waals surface area contributed by atoms with Crippen LogP contribution in [0.4, 0.5) is 0 Å². The molecule has 124 valence electrons. The summed E-state index contributed by atoms with van der Waals surface area (Å²) < 4.78 is 1.21. The Labute approximate surface area is 150 Å². The number of rotatable bonds is 4. The van der Waals surface area contributed by atoms with Crippen molar-refractivity contribution < 1.29 is 4.79 Å². The largest absolute Gasteiger partial charge is 0.333 e. The first-order valence-electron chi connectivity index (χ1n) is 8.47. The molecule has 4 rings (SSSR count). The minimum Gasteiger partial charge on any atom is -0.333 e. The number of para-hydroxylation sites is 1. The predicted molar refractivity (Wildman–Crippen MR) is 101 cm³/mol. The Morgan fingerprint density at radius 3 is 3.00 bits per heavy atom. The fourth-order valence-electron chi connectivity index (χ4n) is 3.35. The summed E-state index contributed by atoms with van der Waals surface area (Å²) in [5, 5.41) is 5.30. The molecule has 1 aliphatic heterocycles. The Bertz CT molecular complexity index is 792. The number of aromatic nitrogens is 1. The lowest BCUT2D eigenvalue weighted by atomic mass is 10.0. The van der Waals surface area contributed by atoms with Crippen molar-refractivity contribution in [2.75, 3.05) is 6.54 Å². The van der Waals surface area contributed by atoms with Crippen LogP contribution in [0.15, 0.2) is 41.1 Å². The third-order valence-corrected chi connectivity index (χ3v) is 6.50. The summed E-state index contributed by atoms with van der Waals surface area (Å²) in [6.45, 7) is 0.864. The van der Waals surface area contributed by atoms with Gasteiger partial charge in [0.25, 0.3) is 0 Å². The van der Waals surface area contributed by atoms with E-state index < -0.39 is 0 Å². The quantitative estimate of drug-likeness (QED) is 0.656. The molecule has 0 N–H and O–H groups in total. The highest BCUT2D eigenvalue weighted by molar-refractivity contribution is 7.18. The number of fused-ring (bicyclic) bond motifs is 1. The number of piperidine rings is 1. The Morgan fingerprint density at radius 1 is 1.25 bits per heavy atom. The number of benzene rings is 1. The molecule has 1 amide bonds. The van der Waals surface area contributed by atoms with Gasteiger partial charge in [-0.15, -0.1) is 11.3 Å². The number of nitrogens with zero attached hydrogens (tertiary/aromatic N) is 2. The fourth-order valence-corrected chi connectivity index (χ4v) is 5.17. The van der Waals surface area contributed by atoms with E-state index in [9.17, 15) is 4.79 Å². The van der Waals surface area contributed by atoms with Crippen molar-refractivity contribution >= 4 is 38.8 Å². The van der Waals surface area contributed by atoms with Crippen LogP contribution in [0.25, 0.3) is 10.2 Å². The number of aryl methyl sites for hydroxylation is 1. The van der Waals surface area contributed by atoms with E-state index in [0.717, 1.165) is 36.3 Å². The van der Waals surface area contributed by atoms with Gasteiger partial charge in [-0.3, -0.25) is 4.79 Å². The maximum atomic E-state index is 12.8. The van der Waals surface area contributed by atoms with Gasteiger partial charge in [-0.1, -0.05) is 12.1 Å². The first kappa shape index (κ1) is 15.8. The van der Waals surface area contributed by atoms with E-state index in [4.69, 9.17) is 4.98 Å². The van der Waals surface area contributed by atoms with Crippen molar-refractivity contribution in [2.24, 2.45) is 0 Å². The van der Waals surface area contributed by atoms with Crippen LogP contribution in [0.5, 0.6) is 0 Å². The molecular weight excluding hydrogens is 336 g/mol. The average molecular weight is 357 g/mol. The minimum atomic E-state index is 0.158. The van der Waals surface area contributed by atoms with Crippen LogP contribution in [0.2, 0.25) is 0 Å². The zero-order chi connectivity index (χ0) is 16.4. The van der Waals surface area contributed by atoms with Gasteiger partial charge in [-0.05, 0) is 60.2 Å². The van der Waals surface area contributed by atoms with Crippen LogP contribution in [-0.2, 0) is 11.2 Å². The summed E-state index contributed by atoms with van der Waals surface area (Å²) in [6, 6.07) is 10.5. The number of carbonyl (C=O) groups is 1. The summed E-state index contributed by atoms with van der Waals surface area (Å²) in [5.74, 6) is 0.269. The lowest BCUT2D eigenvalue weighted by Crippen LogP contribution is -2.38. The fraction of sp³-hybridized carbons (Fsp3) is 0.368. The zero-order valence-electron chi connectivity index (χ0n) is 13.5. The molecule has 5 heteroatoms. The van der Waals surface area contributed by atoms with Crippen molar-refractivity contribution in [2.45, 2.75) is 38.1 Å². The minimum absolute atomic E-state index is 0.158. The monoisotopic (exact) mass is 356 g/mol. The Balaban J connectivity index is 1.52. The van der Waals surface area contributed by atoms with E-state index in [1.54, 1.807) is 22.7 Å². The van der Waals surface area contributed by atoms with Crippen LogP contribution in [0, 0.1) is 0 Å². The Morgan fingerprint density at radius 2 is 2.17 bits per heavy atom. The highest BCUT2D eigenvalue weighted by Crippen LogP contribution is 2.36. The number of thiazole rings is 1. The third kappa shape index (κ3) is 3.23. The van der Waals surface area contributed by atoms with Crippen LogP contribution in [0.1, 0.15) is 42.3 Å². The topological polar surface area (TPSA) is 33.2 Å². The number of amides is 1. The molecule has 1 aliphatic rings. The first-order chi connectivity index (χ1) is 11.8. The summed E-state index contributed by atoms with van der Waals surface area (Å²) in [6.07, 6.45) is 4.74. The van der Waals surface area contributed by atoms with Crippen molar-refractivity contribution in [3.8, 4) is 0 Å². The molecule has 1 unspecified atom stereocenters. The molecule has 3 nitrogen and oxygen atoms in total. The third-order valence-electron chi connectivity index (χ3n) is 4.63. The van der Waals surface area contributed by atoms with Gasteiger partial charge in [0.15, 0.2) is 0 Å². The standard InChI is InChI=1S/C19H20N2OS2/c22-18(9-8-14-10-12-23-13-14)21-11-4-3-6-16(21)19-20-15-5-1-2-7-17(15)24-19/h1-2,5,7,10,12-13,16H,3-4,6,8-9,11H2. The van der Waals surface area contributed by atoms with E-state index >= 15 is 0 Å². The van der Waals surface area contributed by atoms with Crippen molar-refractivity contribution in [3.63, 3.8) is 0 Å². The number of carbonyl (C=O) groups excluding carboxylic acids is 1. The number of likely N-dealkylation sites (tertiary alicyclic amines) is 1. The zero-order valence-corrected chi connectivity index (χ0v) is 15.1. The molecule has 1 aromatic carbocycles. The molecule has 0 spiro atoms. The average Bonchev–Trinajstić information content (AvgIpc) is 3.29. The van der Waals surface area contributed by atoms with Gasteiger partial charge in [0.05, 0.1) is 16.3 Å². The van der Waals surface area contributed by atoms with Gasteiger partial charge in [0, 0.05) is 13.0 Å². The molecule has 3 aromatic rings. The second-order valence-electron chi connectivity index (χ2n) is 6.25. The van der Waals surface area contributed by atoms with E-state index in [-0.39, 0.29) is 11.9 Å². The maximum absolute atomic E-state index is 12.8. The van der Waals surface area contributed by atoms with Crippen LogP contribution >= 0.6 is 22.7 Å². The molecular formula is C19H20N2OS2. The van der Waals surface area contributed by atoms with E-state index in [2.05, 4.69) is 39.9 Å². The highest BCUT2D eigenvalue weighted by Gasteiger charge is 2.29. The highest BCUT2D eigenvalue weighted by atomic mass is 32.1. The van der Waals surface area contributed by atoms with Gasteiger partial charge in [-0.2, -0.15) is 11.3 Å². The van der Waals surface area contributed by atoms with Gasteiger partial charge in [0.2, 0.25) is 5.91 Å². The van der Waals surface area contributed by atoms with Crippen molar-refractivity contribution in [1.29, 1.82) is 0 Å². The molecule has 0 radical (unpaired) electrons. The molecule has 1 fully saturated rings. The smallest absolute Gasteiger partial charge is 0.223 e. The van der Waals surface area contributed by atoms with Gasteiger partial charge in [0.1, 0.15) is 5.01 Å². The number of hydrogen-bond acceptors (Lipinski definition) is 4. The normalized spacial score (nSPS) is 18.2. The van der Waals surface area contributed by atoms with Crippen LogP contribution in [-0.4, -0.2) is 22.3 Å². The number of thiophene rings is 1. The molecule has 1 atom stereocenters. The molecule has 24 heavy (non-hydrogen) atoms. The van der Waals surface area contributed by atoms with Crippen LogP contribution in [0.3, 0.4) is 0 Å². The van der Waals surface area contributed by atoms with E-state index in [1.165, 1.54) is 16.7 Å². The van der Waals surface area contributed by atoms with Crippen molar-refractivity contribution in [3.05, 3.63) is 51.7 Å². The summed E-state index contributed by atoms with van der Waals surface area (Å²) in [4.78, 5) is 19.7. The second-order valence-corrected chi connectivity index (χ2v) is 8.09. The van der Waals surface area contributed by atoms with Gasteiger partial charge < -0.3 is 4.90 Å². The Kier molecular flexibility index (Phi) is 4.63. The second kappa shape index (κ2) is 7.03. The summed E-state index contributed by atoms with van der Waals surface area (Å²) >= 11 is 3.43. The SMILES string of the molecule is O=C(CCc1ccsc1)N1CCCCC1c1nc2ccccc2s1. The number of hydrogen-bond donors (Lipinski definition) is 0. The van der Waals surface area contributed by atoms with E-state index in [0.29, 0.717) is 6.42 Å². The molecule has 1 saturated heterocycles. The summed E-state index contributed by atoms with van der Waals surface area (Å²) in [5.41, 5.74) is 2.32. The molecule has 0 bridgehead atoms. The van der Waals surface area contributed by atoms with Gasteiger partial charge in [-0.25, -0.2) is 4.98 Å². The Hall–Kier alpha value is -1.72. The molecule has 0 saturated carbocycles. The van der Waals surface area contributed by atoms with Gasteiger partial charge >= 0.3 is 0 Å². The first-order valence-corrected chi connectivity index (χ1v) is 10.2.